The van der Waals surface area contributed by atoms with Crippen LogP contribution in [0, 0.1) is 10.1 Å². The van der Waals surface area contributed by atoms with Crippen LogP contribution in [0.2, 0.25) is 0 Å². The molecule has 0 radical (unpaired) electrons. The van der Waals surface area contributed by atoms with Gasteiger partial charge in [0.05, 0.1) is 35.8 Å². The van der Waals surface area contributed by atoms with Crippen molar-refractivity contribution < 1.29 is 24.0 Å². The summed E-state index contributed by atoms with van der Waals surface area (Å²) in [6, 6.07) is 9.63. The number of benzene rings is 2. The Bertz CT molecular complexity index is 1070. The van der Waals surface area contributed by atoms with Crippen molar-refractivity contribution in [1.29, 1.82) is 0 Å². The van der Waals surface area contributed by atoms with Crippen LogP contribution in [0.25, 0.3) is 10.8 Å². The topological polar surface area (TPSA) is 99.0 Å². The van der Waals surface area contributed by atoms with Crippen molar-refractivity contribution >= 4 is 34.1 Å². The summed E-state index contributed by atoms with van der Waals surface area (Å²) in [4.78, 5) is 37.2. The number of esters is 2. The molecule has 1 heterocycles. The Morgan fingerprint density at radius 1 is 0.964 bits per heavy atom. The molecule has 1 aliphatic rings. The molecule has 8 nitrogen and oxygen atoms in total. The van der Waals surface area contributed by atoms with E-state index in [1.807, 2.05) is 0 Å². The van der Waals surface area contributed by atoms with Gasteiger partial charge in [-0.2, -0.15) is 0 Å². The molecule has 0 spiro atoms. The van der Waals surface area contributed by atoms with Gasteiger partial charge in [-0.3, -0.25) is 10.1 Å². The minimum atomic E-state index is -0.751. The molecule has 0 saturated carbocycles. The number of nitrogens with zero attached hydrogens (tertiary/aromatic N) is 2. The summed E-state index contributed by atoms with van der Waals surface area (Å²) >= 11 is 0. The van der Waals surface area contributed by atoms with E-state index >= 15 is 0 Å². The molecular formula is C20H16N2O6. The highest BCUT2D eigenvalue weighted by Crippen LogP contribution is 2.35. The Morgan fingerprint density at radius 3 is 2.32 bits per heavy atom. The highest BCUT2D eigenvalue weighted by atomic mass is 16.6. The molecule has 2 aromatic rings. The molecule has 0 amide bonds. The first-order valence-electron chi connectivity index (χ1n) is 8.20. The Morgan fingerprint density at radius 2 is 1.64 bits per heavy atom. The molecule has 0 atom stereocenters. The van der Waals surface area contributed by atoms with Gasteiger partial charge in [0.15, 0.2) is 0 Å². The predicted octanol–water partition coefficient (Wildman–Crippen LogP) is 3.24. The number of hydrogen-bond acceptors (Lipinski definition) is 7. The number of hydrogen-bond donors (Lipinski definition) is 0. The lowest BCUT2D eigenvalue weighted by Gasteiger charge is -2.24. The van der Waals surface area contributed by atoms with E-state index in [2.05, 4.69) is 0 Å². The molecule has 0 fully saturated rings. The molecule has 0 saturated heterocycles. The van der Waals surface area contributed by atoms with E-state index in [-0.39, 0.29) is 17.0 Å². The summed E-state index contributed by atoms with van der Waals surface area (Å²) in [5.74, 6) is -1.46. The standard InChI is InChI=1S/C20H16N2O6/c1-27-19(23)15-7-3-4-12-21(18(15)20(24)28-2)16-10-5-9-14-13(16)8-6-11-17(14)22(25)26/h3-12H,1-2H3. The lowest BCUT2D eigenvalue weighted by Crippen LogP contribution is -2.27. The monoisotopic (exact) mass is 380 g/mol. The summed E-state index contributed by atoms with van der Waals surface area (Å²) in [5, 5.41) is 12.3. The molecule has 8 heteroatoms. The van der Waals surface area contributed by atoms with Crippen molar-refractivity contribution in [3.8, 4) is 0 Å². The number of methoxy groups -OCH3 is 2. The smallest absolute Gasteiger partial charge is 0.355 e. The van der Waals surface area contributed by atoms with Gasteiger partial charge in [0.25, 0.3) is 5.69 Å². The second kappa shape index (κ2) is 7.75. The molecule has 3 rings (SSSR count). The first-order valence-corrected chi connectivity index (χ1v) is 8.20. The molecule has 0 bridgehead atoms. The fourth-order valence-corrected chi connectivity index (χ4v) is 3.00. The first-order chi connectivity index (χ1) is 13.5. The Balaban J connectivity index is 2.32. The maximum Gasteiger partial charge on any atom is 0.355 e. The number of rotatable bonds is 4. The van der Waals surface area contributed by atoms with Gasteiger partial charge in [-0.1, -0.05) is 24.3 Å². The van der Waals surface area contributed by atoms with E-state index in [0.29, 0.717) is 16.5 Å². The van der Waals surface area contributed by atoms with Gasteiger partial charge in [0, 0.05) is 17.7 Å². The van der Waals surface area contributed by atoms with E-state index < -0.39 is 16.9 Å². The van der Waals surface area contributed by atoms with Gasteiger partial charge in [-0.25, -0.2) is 9.59 Å². The fourth-order valence-electron chi connectivity index (χ4n) is 3.00. The molecule has 2 aromatic carbocycles. The van der Waals surface area contributed by atoms with Gasteiger partial charge in [0.1, 0.15) is 5.70 Å². The third kappa shape index (κ3) is 3.23. The molecule has 142 valence electrons. The average molecular weight is 380 g/mol. The van der Waals surface area contributed by atoms with Crippen LogP contribution in [0.5, 0.6) is 0 Å². The van der Waals surface area contributed by atoms with Crippen LogP contribution in [0.4, 0.5) is 11.4 Å². The van der Waals surface area contributed by atoms with Gasteiger partial charge in [-0.05, 0) is 24.3 Å². The van der Waals surface area contributed by atoms with Crippen LogP contribution in [0.15, 0.2) is 72.1 Å². The summed E-state index contributed by atoms with van der Waals surface area (Å²) in [6.45, 7) is 0. The summed E-state index contributed by atoms with van der Waals surface area (Å²) in [6.07, 6.45) is 6.24. The third-order valence-electron chi connectivity index (χ3n) is 4.22. The van der Waals surface area contributed by atoms with Crippen molar-refractivity contribution in [3.05, 3.63) is 82.2 Å². The molecule has 0 unspecified atom stereocenters. The number of fused-ring (bicyclic) bond motifs is 1. The zero-order valence-corrected chi connectivity index (χ0v) is 15.1. The normalized spacial score (nSPS) is 13.4. The van der Waals surface area contributed by atoms with Gasteiger partial charge in [0.2, 0.25) is 0 Å². The number of nitro benzene ring substituents is 1. The first kappa shape index (κ1) is 18.8. The van der Waals surface area contributed by atoms with E-state index in [4.69, 9.17) is 9.47 Å². The van der Waals surface area contributed by atoms with Crippen LogP contribution in [0.3, 0.4) is 0 Å². The Hall–Kier alpha value is -3.94. The number of nitro groups is 1. The molecule has 0 aliphatic carbocycles. The molecule has 28 heavy (non-hydrogen) atoms. The number of carbonyl (C=O) groups excluding carboxylic acids is 2. The van der Waals surface area contributed by atoms with E-state index in [1.165, 1.54) is 31.3 Å². The molecule has 0 N–H and O–H groups in total. The Kier molecular flexibility index (Phi) is 5.21. The molecule has 0 aromatic heterocycles. The lowest BCUT2D eigenvalue weighted by molar-refractivity contribution is -0.383. The van der Waals surface area contributed by atoms with Gasteiger partial charge < -0.3 is 14.4 Å². The van der Waals surface area contributed by atoms with Crippen LogP contribution in [0.1, 0.15) is 0 Å². The molecular weight excluding hydrogens is 364 g/mol. The van der Waals surface area contributed by atoms with Crippen molar-refractivity contribution in [3.63, 3.8) is 0 Å². The van der Waals surface area contributed by atoms with Crippen LogP contribution in [-0.4, -0.2) is 31.1 Å². The average Bonchev–Trinajstić information content (AvgIpc) is 2.94. The quantitative estimate of drug-likeness (QED) is 0.456. The SMILES string of the molecule is COC(=O)C1=C(C(=O)OC)N(c2cccc3c([N+](=O)[O-])cccc23)C=CC=C1. The van der Waals surface area contributed by atoms with E-state index in [9.17, 15) is 19.7 Å². The van der Waals surface area contributed by atoms with Crippen LogP contribution < -0.4 is 4.90 Å². The van der Waals surface area contributed by atoms with E-state index in [0.717, 1.165) is 0 Å². The fraction of sp³-hybridized carbons (Fsp3) is 0.100. The minimum Gasteiger partial charge on any atom is -0.465 e. The van der Waals surface area contributed by atoms with Crippen LogP contribution in [-0.2, 0) is 19.1 Å². The van der Waals surface area contributed by atoms with Crippen molar-refractivity contribution in [2.24, 2.45) is 0 Å². The number of allylic oxidation sites excluding steroid dienone is 2. The number of anilines is 1. The number of non-ortho nitro benzene ring substituents is 1. The highest BCUT2D eigenvalue weighted by Gasteiger charge is 2.28. The van der Waals surface area contributed by atoms with Gasteiger partial charge in [-0.15, -0.1) is 0 Å². The Labute approximate surface area is 160 Å². The maximum absolute atomic E-state index is 12.5. The summed E-state index contributed by atoms with van der Waals surface area (Å²) < 4.78 is 9.67. The second-order valence-corrected chi connectivity index (χ2v) is 5.72. The summed E-state index contributed by atoms with van der Waals surface area (Å²) in [5.41, 5.74) is 0.358. The van der Waals surface area contributed by atoms with Gasteiger partial charge >= 0.3 is 11.9 Å². The zero-order chi connectivity index (χ0) is 20.3. The van der Waals surface area contributed by atoms with Crippen molar-refractivity contribution in [2.75, 3.05) is 19.1 Å². The number of ether oxygens (including phenoxy) is 2. The highest BCUT2D eigenvalue weighted by molar-refractivity contribution is 6.08. The zero-order valence-electron chi connectivity index (χ0n) is 15.1. The predicted molar refractivity (Wildman–Crippen MR) is 102 cm³/mol. The van der Waals surface area contributed by atoms with E-state index in [1.54, 1.807) is 48.7 Å². The lowest BCUT2D eigenvalue weighted by atomic mass is 10.0. The van der Waals surface area contributed by atoms with Crippen LogP contribution >= 0.6 is 0 Å². The largest absolute Gasteiger partial charge is 0.465 e. The maximum atomic E-state index is 12.5. The van der Waals surface area contributed by atoms with Crippen molar-refractivity contribution in [2.45, 2.75) is 0 Å². The number of carbonyl (C=O) groups is 2. The summed E-state index contributed by atoms with van der Waals surface area (Å²) in [7, 11) is 2.41. The van der Waals surface area contributed by atoms with Crippen molar-refractivity contribution in [1.82, 2.24) is 0 Å². The second-order valence-electron chi connectivity index (χ2n) is 5.72. The minimum absolute atomic E-state index is 0.00165. The molecule has 1 aliphatic heterocycles. The third-order valence-corrected chi connectivity index (χ3v) is 4.22.